The van der Waals surface area contributed by atoms with Crippen molar-refractivity contribution in [3.8, 4) is 0 Å². The number of nitrogens with two attached hydrogens (primary N) is 1. The van der Waals surface area contributed by atoms with Gasteiger partial charge in [-0.3, -0.25) is 9.48 Å². The normalized spacial score (nSPS) is 10.9. The first-order valence-electron chi connectivity index (χ1n) is 6.60. The van der Waals surface area contributed by atoms with Gasteiger partial charge in [0.15, 0.2) is 0 Å². The molecule has 2 aromatic heterocycles. The zero-order valence-electron chi connectivity index (χ0n) is 12.4. The summed E-state index contributed by atoms with van der Waals surface area (Å²) in [5.41, 5.74) is 7.92. The van der Waals surface area contributed by atoms with Crippen LogP contribution in [0.15, 0.2) is 21.5 Å². The van der Waals surface area contributed by atoms with Crippen LogP contribution >= 0.6 is 15.9 Å². The van der Waals surface area contributed by atoms with Crippen molar-refractivity contribution < 1.29 is 0 Å². The van der Waals surface area contributed by atoms with Gasteiger partial charge in [0.05, 0.1) is 34.3 Å². The highest BCUT2D eigenvalue weighted by atomic mass is 79.9. The Bertz CT molecular complexity index is 692. The van der Waals surface area contributed by atoms with Crippen molar-refractivity contribution in [1.29, 1.82) is 0 Å². The lowest BCUT2D eigenvalue weighted by atomic mass is 10.3. The average molecular weight is 355 g/mol. The van der Waals surface area contributed by atoms with Crippen LogP contribution in [0.25, 0.3) is 0 Å². The van der Waals surface area contributed by atoms with Crippen molar-refractivity contribution in [2.75, 3.05) is 25.0 Å². The van der Waals surface area contributed by atoms with Crippen LogP contribution in [0.5, 0.6) is 0 Å². The first-order chi connectivity index (χ1) is 9.93. The molecule has 2 aromatic rings. The maximum Gasteiger partial charge on any atom is 0.269 e. The van der Waals surface area contributed by atoms with E-state index in [0.717, 1.165) is 21.5 Å². The van der Waals surface area contributed by atoms with Gasteiger partial charge in [0, 0.05) is 33.3 Å². The van der Waals surface area contributed by atoms with Crippen LogP contribution in [0, 0.1) is 6.92 Å². The molecule has 2 N–H and O–H groups in total. The number of nitrogens with zero attached hydrogens (tertiary/aromatic N) is 5. The molecule has 0 aliphatic carbocycles. The fraction of sp³-hybridized carbons (Fsp3) is 0.462. The Balaban J connectivity index is 2.28. The monoisotopic (exact) mass is 354 g/mol. The fourth-order valence-corrected chi connectivity index (χ4v) is 2.53. The maximum absolute atomic E-state index is 12.2. The number of rotatable bonds is 5. The molecule has 0 radical (unpaired) electrons. The molecule has 0 amide bonds. The number of aryl methyl sites for hydroxylation is 2. The molecule has 0 aromatic carbocycles. The Kier molecular flexibility index (Phi) is 4.79. The van der Waals surface area contributed by atoms with Crippen LogP contribution in [0.3, 0.4) is 0 Å². The summed E-state index contributed by atoms with van der Waals surface area (Å²) >= 11 is 3.49. The number of hydrogen-bond acceptors (Lipinski definition) is 5. The van der Waals surface area contributed by atoms with Gasteiger partial charge in [0.25, 0.3) is 5.56 Å². The van der Waals surface area contributed by atoms with Gasteiger partial charge in [0.2, 0.25) is 0 Å². The third-order valence-corrected chi connectivity index (χ3v) is 4.35. The van der Waals surface area contributed by atoms with Gasteiger partial charge >= 0.3 is 0 Å². The second-order valence-corrected chi connectivity index (χ2v) is 5.68. The van der Waals surface area contributed by atoms with E-state index in [-0.39, 0.29) is 5.56 Å². The summed E-state index contributed by atoms with van der Waals surface area (Å²) in [4.78, 5) is 14.1. The van der Waals surface area contributed by atoms with E-state index in [1.54, 1.807) is 16.9 Å². The molecule has 21 heavy (non-hydrogen) atoms. The molecule has 0 aliphatic rings. The van der Waals surface area contributed by atoms with Gasteiger partial charge < -0.3 is 10.6 Å². The SMILES string of the molecule is Cc1nn(C)c(Cn2ncc(N(C)CCN)cc2=O)c1Br. The number of likely N-dealkylation sites (N-methyl/N-ethyl adjacent to an activating group) is 1. The lowest BCUT2D eigenvalue weighted by molar-refractivity contribution is 0.588. The first kappa shape index (κ1) is 15.7. The summed E-state index contributed by atoms with van der Waals surface area (Å²) < 4.78 is 4.08. The minimum absolute atomic E-state index is 0.151. The van der Waals surface area contributed by atoms with Crippen LogP contribution in [-0.2, 0) is 13.6 Å². The van der Waals surface area contributed by atoms with E-state index in [2.05, 4.69) is 26.1 Å². The Morgan fingerprint density at radius 2 is 2.19 bits per heavy atom. The third kappa shape index (κ3) is 3.33. The van der Waals surface area contributed by atoms with Crippen molar-refractivity contribution in [2.24, 2.45) is 12.8 Å². The summed E-state index contributed by atoms with van der Waals surface area (Å²) in [6.07, 6.45) is 1.67. The molecule has 0 bridgehead atoms. The summed E-state index contributed by atoms with van der Waals surface area (Å²) in [5, 5.41) is 8.54. The molecule has 2 heterocycles. The second-order valence-electron chi connectivity index (χ2n) is 4.89. The molecule has 2 rings (SSSR count). The highest BCUT2D eigenvalue weighted by molar-refractivity contribution is 9.10. The van der Waals surface area contributed by atoms with Crippen LogP contribution in [0.2, 0.25) is 0 Å². The molecule has 0 aliphatic heterocycles. The smallest absolute Gasteiger partial charge is 0.269 e. The van der Waals surface area contributed by atoms with Gasteiger partial charge in [0.1, 0.15) is 0 Å². The standard InChI is InChI=1S/C13H19BrN6O/c1-9-13(14)11(19(3)17-9)8-20-12(21)6-10(7-16-20)18(2)5-4-15/h6-7H,4-5,8,15H2,1-3H3. The summed E-state index contributed by atoms with van der Waals surface area (Å²) in [5.74, 6) is 0. The number of anilines is 1. The zero-order valence-corrected chi connectivity index (χ0v) is 14.0. The largest absolute Gasteiger partial charge is 0.372 e. The maximum atomic E-state index is 12.2. The minimum atomic E-state index is -0.151. The molecule has 7 nitrogen and oxygen atoms in total. The van der Waals surface area contributed by atoms with Crippen molar-refractivity contribution in [3.05, 3.63) is 38.5 Å². The van der Waals surface area contributed by atoms with Crippen LogP contribution in [-0.4, -0.2) is 39.7 Å². The van der Waals surface area contributed by atoms with E-state index >= 15 is 0 Å². The van der Waals surface area contributed by atoms with Gasteiger partial charge in [-0.15, -0.1) is 0 Å². The minimum Gasteiger partial charge on any atom is -0.372 e. The topological polar surface area (TPSA) is 82.0 Å². The highest BCUT2D eigenvalue weighted by Gasteiger charge is 2.13. The molecule has 8 heteroatoms. The third-order valence-electron chi connectivity index (χ3n) is 3.32. The average Bonchev–Trinajstić information content (AvgIpc) is 2.67. The quantitative estimate of drug-likeness (QED) is 0.844. The molecule has 0 atom stereocenters. The van der Waals surface area contributed by atoms with E-state index in [1.165, 1.54) is 4.68 Å². The van der Waals surface area contributed by atoms with Crippen LogP contribution in [0.4, 0.5) is 5.69 Å². The fourth-order valence-electron chi connectivity index (χ4n) is 2.07. The second kappa shape index (κ2) is 6.40. The zero-order chi connectivity index (χ0) is 15.6. The first-order valence-corrected chi connectivity index (χ1v) is 7.39. The van der Waals surface area contributed by atoms with Crippen molar-refractivity contribution in [1.82, 2.24) is 19.6 Å². The van der Waals surface area contributed by atoms with E-state index in [4.69, 9.17) is 5.73 Å². The lowest BCUT2D eigenvalue weighted by Crippen LogP contribution is -2.29. The van der Waals surface area contributed by atoms with Gasteiger partial charge in [-0.25, -0.2) is 4.68 Å². The van der Waals surface area contributed by atoms with Crippen LogP contribution in [0.1, 0.15) is 11.4 Å². The Labute approximate surface area is 131 Å². The predicted molar refractivity (Wildman–Crippen MR) is 85.6 cm³/mol. The lowest BCUT2D eigenvalue weighted by Gasteiger charge is -2.17. The molecular formula is C13H19BrN6O. The molecule has 114 valence electrons. The Hall–Kier alpha value is -1.67. The van der Waals surface area contributed by atoms with Crippen molar-refractivity contribution in [2.45, 2.75) is 13.5 Å². The number of hydrogen-bond donors (Lipinski definition) is 1. The Morgan fingerprint density at radius 3 is 2.71 bits per heavy atom. The molecule has 0 saturated carbocycles. The van der Waals surface area contributed by atoms with E-state index in [0.29, 0.717) is 19.6 Å². The van der Waals surface area contributed by atoms with E-state index in [1.807, 2.05) is 25.9 Å². The Morgan fingerprint density at radius 1 is 1.48 bits per heavy atom. The van der Waals surface area contributed by atoms with E-state index in [9.17, 15) is 4.79 Å². The van der Waals surface area contributed by atoms with Crippen molar-refractivity contribution in [3.63, 3.8) is 0 Å². The summed E-state index contributed by atoms with van der Waals surface area (Å²) in [7, 11) is 3.73. The predicted octanol–water partition coefficient (Wildman–Crippen LogP) is 0.491. The number of halogens is 1. The summed E-state index contributed by atoms with van der Waals surface area (Å²) in [6.45, 7) is 3.49. The van der Waals surface area contributed by atoms with Crippen molar-refractivity contribution >= 4 is 21.6 Å². The molecule has 0 fully saturated rings. The highest BCUT2D eigenvalue weighted by Crippen LogP contribution is 2.20. The molecule has 0 spiro atoms. The molecule has 0 unspecified atom stereocenters. The molecular weight excluding hydrogens is 336 g/mol. The van der Waals surface area contributed by atoms with Gasteiger partial charge in [-0.1, -0.05) is 0 Å². The van der Waals surface area contributed by atoms with Gasteiger partial charge in [-0.05, 0) is 22.9 Å². The number of aromatic nitrogens is 4. The molecule has 0 saturated heterocycles. The van der Waals surface area contributed by atoms with Crippen LogP contribution < -0.4 is 16.2 Å². The van der Waals surface area contributed by atoms with E-state index < -0.39 is 0 Å². The summed E-state index contributed by atoms with van der Waals surface area (Å²) in [6, 6.07) is 1.57. The van der Waals surface area contributed by atoms with Gasteiger partial charge in [-0.2, -0.15) is 10.2 Å².